The molecule has 4 aromatic rings. The molecule has 176 valence electrons. The smallest absolute Gasteiger partial charge is 0.290 e. The number of aryl methyl sites for hydroxylation is 1. The fraction of sp³-hybridized carbons (Fsp3) is 0.143. The van der Waals surface area contributed by atoms with Crippen molar-refractivity contribution in [3.05, 3.63) is 125 Å². The lowest BCUT2D eigenvalue weighted by Crippen LogP contribution is -2.30. The van der Waals surface area contributed by atoms with Crippen molar-refractivity contribution in [2.45, 2.75) is 26.1 Å². The molecule has 0 fully saturated rings. The molecule has 1 N–H and O–H groups in total. The zero-order valence-corrected chi connectivity index (χ0v) is 19.0. The molecule has 1 aliphatic rings. The minimum atomic E-state index is -0.825. The quantitative estimate of drug-likeness (QED) is 0.341. The van der Waals surface area contributed by atoms with Crippen molar-refractivity contribution < 1.29 is 28.3 Å². The molecule has 0 saturated heterocycles. The second kappa shape index (κ2) is 9.38. The number of hydrogen-bond acceptors (Lipinski definition) is 6. The minimum absolute atomic E-state index is 0.0335. The predicted octanol–water partition coefficient (Wildman–Crippen LogP) is 5.54. The Balaban J connectivity index is 1.46. The highest BCUT2D eigenvalue weighted by Crippen LogP contribution is 2.40. The lowest BCUT2D eigenvalue weighted by atomic mass is 9.95. The van der Waals surface area contributed by atoms with E-state index in [1.165, 1.54) is 17.2 Å². The summed E-state index contributed by atoms with van der Waals surface area (Å²) in [6, 6.07) is 22.8. The van der Waals surface area contributed by atoms with Crippen LogP contribution >= 0.6 is 0 Å². The third-order valence-electron chi connectivity index (χ3n) is 5.86. The van der Waals surface area contributed by atoms with Gasteiger partial charge in [0.15, 0.2) is 11.5 Å². The van der Waals surface area contributed by atoms with E-state index in [1.807, 2.05) is 30.3 Å². The van der Waals surface area contributed by atoms with Crippen LogP contribution in [0.15, 0.2) is 105 Å². The molecule has 2 aromatic heterocycles. The van der Waals surface area contributed by atoms with Gasteiger partial charge in [-0.05, 0) is 54.4 Å². The van der Waals surface area contributed by atoms with Crippen LogP contribution in [0.1, 0.15) is 39.2 Å². The van der Waals surface area contributed by atoms with Crippen LogP contribution in [0.25, 0.3) is 0 Å². The number of hydrogen-bond donors (Lipinski definition) is 1. The number of carbonyl (C=O) groups is 2. The number of ketones is 1. The molecular formula is C28H23NO6. The van der Waals surface area contributed by atoms with Gasteiger partial charge in [0.2, 0.25) is 5.78 Å². The second-order valence-electron chi connectivity index (χ2n) is 8.26. The van der Waals surface area contributed by atoms with E-state index in [9.17, 15) is 14.7 Å². The molecule has 0 saturated carbocycles. The number of ether oxygens (including phenoxy) is 1. The van der Waals surface area contributed by atoms with Crippen LogP contribution in [0.2, 0.25) is 0 Å². The van der Waals surface area contributed by atoms with Gasteiger partial charge in [0.25, 0.3) is 5.91 Å². The molecule has 0 radical (unpaired) electrons. The maximum absolute atomic E-state index is 13.3. The summed E-state index contributed by atoms with van der Waals surface area (Å²) in [4.78, 5) is 27.8. The maximum Gasteiger partial charge on any atom is 0.290 e. The molecule has 0 bridgehead atoms. The van der Waals surface area contributed by atoms with Gasteiger partial charge in [0.1, 0.15) is 23.9 Å². The molecule has 0 spiro atoms. The van der Waals surface area contributed by atoms with Crippen LogP contribution in [-0.4, -0.2) is 21.7 Å². The van der Waals surface area contributed by atoms with Crippen molar-refractivity contribution >= 4 is 11.7 Å². The molecule has 5 rings (SSSR count). The summed E-state index contributed by atoms with van der Waals surface area (Å²) >= 11 is 0. The highest BCUT2D eigenvalue weighted by Gasteiger charge is 2.44. The average molecular weight is 469 g/mol. The van der Waals surface area contributed by atoms with Crippen LogP contribution < -0.4 is 4.74 Å². The van der Waals surface area contributed by atoms with Gasteiger partial charge in [-0.25, -0.2) is 0 Å². The standard InChI is InChI=1S/C28H23NO6/c1-18-9-14-23(35-18)26(30)24-25(29(28(32)27(24)31)16-22-8-5-15-33-22)20-10-12-21(13-11-20)34-17-19-6-3-2-4-7-19/h2-15,25,31H,16-17H2,1H3. The van der Waals surface area contributed by atoms with E-state index in [1.54, 1.807) is 49.4 Å². The summed E-state index contributed by atoms with van der Waals surface area (Å²) in [6.07, 6.45) is 1.51. The van der Waals surface area contributed by atoms with Gasteiger partial charge in [-0.2, -0.15) is 0 Å². The number of rotatable bonds is 8. The van der Waals surface area contributed by atoms with Crippen LogP contribution in [0.3, 0.4) is 0 Å². The number of aliphatic hydroxyl groups is 1. The molecule has 7 nitrogen and oxygen atoms in total. The zero-order valence-electron chi connectivity index (χ0n) is 19.0. The van der Waals surface area contributed by atoms with Gasteiger partial charge in [-0.15, -0.1) is 0 Å². The zero-order chi connectivity index (χ0) is 24.4. The SMILES string of the molecule is Cc1ccc(C(=O)C2=C(O)C(=O)N(Cc3ccco3)C2c2ccc(OCc3ccccc3)cc2)o1. The molecule has 1 unspecified atom stereocenters. The largest absolute Gasteiger partial charge is 0.503 e. The Morgan fingerprint density at radius 3 is 2.43 bits per heavy atom. The maximum atomic E-state index is 13.3. The molecule has 35 heavy (non-hydrogen) atoms. The lowest BCUT2D eigenvalue weighted by molar-refractivity contribution is -0.130. The number of furan rings is 2. The monoisotopic (exact) mass is 469 g/mol. The van der Waals surface area contributed by atoms with E-state index in [2.05, 4.69) is 0 Å². The number of nitrogens with zero attached hydrogens (tertiary/aromatic N) is 1. The number of aliphatic hydroxyl groups excluding tert-OH is 1. The molecule has 1 atom stereocenters. The van der Waals surface area contributed by atoms with Gasteiger partial charge in [0.05, 0.1) is 24.4 Å². The first-order valence-electron chi connectivity index (χ1n) is 11.2. The molecule has 7 heteroatoms. The van der Waals surface area contributed by atoms with Gasteiger partial charge >= 0.3 is 0 Å². The summed E-state index contributed by atoms with van der Waals surface area (Å²) in [5.41, 5.74) is 1.65. The molecule has 3 heterocycles. The number of amides is 1. The summed E-state index contributed by atoms with van der Waals surface area (Å²) in [5.74, 6) is 0.00249. The van der Waals surface area contributed by atoms with Crippen molar-refractivity contribution in [1.82, 2.24) is 4.90 Å². The van der Waals surface area contributed by atoms with Crippen molar-refractivity contribution in [2.24, 2.45) is 0 Å². The Morgan fingerprint density at radius 2 is 1.77 bits per heavy atom. The summed E-state index contributed by atoms with van der Waals surface area (Å²) in [5, 5.41) is 10.8. The van der Waals surface area contributed by atoms with Gasteiger partial charge in [-0.3, -0.25) is 9.59 Å². The summed E-state index contributed by atoms with van der Waals surface area (Å²) in [7, 11) is 0. The Labute approximate surface area is 201 Å². The first kappa shape index (κ1) is 22.3. The molecular weight excluding hydrogens is 446 g/mol. The first-order chi connectivity index (χ1) is 17.0. The molecule has 1 amide bonds. The van der Waals surface area contributed by atoms with E-state index in [0.29, 0.717) is 29.4 Å². The Hall–Kier alpha value is -4.52. The van der Waals surface area contributed by atoms with Crippen molar-refractivity contribution in [3.63, 3.8) is 0 Å². The Kier molecular flexibility index (Phi) is 5.97. The first-order valence-corrected chi connectivity index (χ1v) is 11.2. The minimum Gasteiger partial charge on any atom is -0.503 e. The normalized spacial score (nSPS) is 15.6. The van der Waals surface area contributed by atoms with Crippen LogP contribution in [0, 0.1) is 6.92 Å². The Bertz CT molecular complexity index is 1370. The van der Waals surface area contributed by atoms with Gasteiger partial charge < -0.3 is 23.6 Å². The van der Waals surface area contributed by atoms with Gasteiger partial charge in [-0.1, -0.05) is 42.5 Å². The van der Waals surface area contributed by atoms with E-state index in [4.69, 9.17) is 13.6 Å². The molecule has 2 aromatic carbocycles. The summed E-state index contributed by atoms with van der Waals surface area (Å²) < 4.78 is 16.8. The van der Waals surface area contributed by atoms with E-state index < -0.39 is 23.5 Å². The molecule has 0 aliphatic carbocycles. The highest BCUT2D eigenvalue weighted by atomic mass is 16.5. The van der Waals surface area contributed by atoms with Crippen molar-refractivity contribution in [2.75, 3.05) is 0 Å². The highest BCUT2D eigenvalue weighted by molar-refractivity contribution is 6.15. The predicted molar refractivity (Wildman–Crippen MR) is 127 cm³/mol. The van der Waals surface area contributed by atoms with E-state index >= 15 is 0 Å². The van der Waals surface area contributed by atoms with Crippen LogP contribution in [-0.2, 0) is 17.9 Å². The number of benzene rings is 2. The number of carbonyl (C=O) groups excluding carboxylic acids is 2. The van der Waals surface area contributed by atoms with E-state index in [0.717, 1.165) is 5.56 Å². The summed E-state index contributed by atoms with van der Waals surface area (Å²) in [6.45, 7) is 2.22. The fourth-order valence-electron chi connectivity index (χ4n) is 4.14. The van der Waals surface area contributed by atoms with Crippen LogP contribution in [0.5, 0.6) is 5.75 Å². The third-order valence-corrected chi connectivity index (χ3v) is 5.86. The lowest BCUT2D eigenvalue weighted by Gasteiger charge is -2.26. The Morgan fingerprint density at radius 1 is 1.00 bits per heavy atom. The van der Waals surface area contributed by atoms with Gasteiger partial charge in [0, 0.05) is 0 Å². The second-order valence-corrected chi connectivity index (χ2v) is 8.26. The molecule has 1 aliphatic heterocycles. The van der Waals surface area contributed by atoms with E-state index in [-0.39, 0.29) is 17.9 Å². The van der Waals surface area contributed by atoms with Crippen molar-refractivity contribution in [3.8, 4) is 5.75 Å². The third kappa shape index (κ3) is 4.48. The topological polar surface area (TPSA) is 93.1 Å². The van der Waals surface area contributed by atoms with Crippen molar-refractivity contribution in [1.29, 1.82) is 0 Å². The average Bonchev–Trinajstić information content (AvgIpc) is 3.61. The fourth-order valence-corrected chi connectivity index (χ4v) is 4.14. The number of Topliss-reactive ketones (excluding diaryl/α,β-unsaturated/α-hetero) is 1. The van der Waals surface area contributed by atoms with Crippen LogP contribution in [0.4, 0.5) is 0 Å².